The molecule has 0 radical (unpaired) electrons. The summed E-state index contributed by atoms with van der Waals surface area (Å²) in [6.07, 6.45) is 16.7. The molecular weight excluding hydrogens is 512 g/mol. The molecule has 4 N–H and O–H groups in total. The van der Waals surface area contributed by atoms with Crippen molar-refractivity contribution in [2.24, 2.45) is 5.73 Å². The van der Waals surface area contributed by atoms with E-state index in [2.05, 4.69) is 36.5 Å². The van der Waals surface area contributed by atoms with E-state index >= 15 is 0 Å². The maximum absolute atomic E-state index is 14.5. The topological polar surface area (TPSA) is 123 Å². The van der Waals surface area contributed by atoms with E-state index in [0.29, 0.717) is 11.3 Å². The summed E-state index contributed by atoms with van der Waals surface area (Å²) in [4.78, 5) is 24.4. The zero-order valence-corrected chi connectivity index (χ0v) is 22.9. The molecule has 9 nitrogen and oxygen atoms in total. The lowest BCUT2D eigenvalue weighted by atomic mass is 10.1. The molecule has 1 saturated heterocycles. The largest absolute Gasteiger partial charge is 0.508 e. The number of carbonyl (C=O) groups is 2. The Morgan fingerprint density at radius 1 is 1.08 bits per heavy atom. The Labute approximate surface area is 230 Å². The first kappa shape index (κ1) is 32.7. The van der Waals surface area contributed by atoms with Gasteiger partial charge in [-0.3, -0.25) is 4.90 Å². The second kappa shape index (κ2) is 18.0. The van der Waals surface area contributed by atoms with E-state index in [0.717, 1.165) is 51.1 Å². The second-order valence-corrected chi connectivity index (χ2v) is 9.86. The minimum absolute atomic E-state index is 0.152. The van der Waals surface area contributed by atoms with Crippen molar-refractivity contribution in [2.45, 2.75) is 114 Å². The molecule has 2 amide bonds. The summed E-state index contributed by atoms with van der Waals surface area (Å²) in [5.41, 5.74) is 5.51. The van der Waals surface area contributed by atoms with Gasteiger partial charge in [-0.15, -0.1) is 0 Å². The quantitative estimate of drug-likeness (QED) is 0.116. The van der Waals surface area contributed by atoms with Gasteiger partial charge < -0.3 is 30.4 Å². The lowest BCUT2D eigenvalue weighted by Gasteiger charge is -2.32. The van der Waals surface area contributed by atoms with Crippen molar-refractivity contribution < 1.29 is 37.7 Å². The number of nitrogens with zero attached hydrogens (tertiary/aromatic N) is 1. The zero-order chi connectivity index (χ0) is 28.5. The van der Waals surface area contributed by atoms with Gasteiger partial charge in [-0.2, -0.15) is 8.78 Å². The Balaban J connectivity index is 1.49. The van der Waals surface area contributed by atoms with Crippen molar-refractivity contribution in [2.75, 3.05) is 13.2 Å². The Morgan fingerprint density at radius 3 is 2.38 bits per heavy atom. The van der Waals surface area contributed by atoms with Crippen molar-refractivity contribution >= 4 is 12.2 Å². The number of amides is 2. The fourth-order valence-electron chi connectivity index (χ4n) is 4.25. The lowest BCUT2D eigenvalue weighted by molar-refractivity contribution is -0.145. The normalized spacial score (nSPS) is 24.5. The van der Waals surface area contributed by atoms with E-state index in [9.17, 15) is 23.5 Å². The van der Waals surface area contributed by atoms with Crippen LogP contribution in [0.15, 0.2) is 36.6 Å². The van der Waals surface area contributed by atoms with Gasteiger partial charge in [-0.25, -0.2) is 9.59 Å². The minimum Gasteiger partial charge on any atom is -0.434 e. The summed E-state index contributed by atoms with van der Waals surface area (Å²) in [6, 6.07) is -0.892. The minimum atomic E-state index is -3.79. The van der Waals surface area contributed by atoms with Gasteiger partial charge in [0.1, 0.15) is 12.7 Å². The van der Waals surface area contributed by atoms with Crippen LogP contribution in [-0.4, -0.2) is 65.9 Å². The van der Waals surface area contributed by atoms with E-state index in [4.69, 9.17) is 19.9 Å². The van der Waals surface area contributed by atoms with Crippen LogP contribution in [0.2, 0.25) is 0 Å². The fraction of sp³-hybridized carbons (Fsp3) is 0.714. The van der Waals surface area contributed by atoms with Crippen LogP contribution in [0.3, 0.4) is 0 Å². The highest BCUT2D eigenvalue weighted by Gasteiger charge is 2.61. The smallest absolute Gasteiger partial charge is 0.434 e. The third-order valence-corrected chi connectivity index (χ3v) is 6.54. The number of aliphatic hydroxyl groups excluding tert-OH is 1. The SMILES string of the molecule is CCCCCC=CCC=CCCCCCCCCOC(=O)OC[C@H]1O[C@@H](N2C=CC(N)NC2=O)C(F)(F)[C@@H]1O. The van der Waals surface area contributed by atoms with Crippen molar-refractivity contribution in [3.8, 4) is 0 Å². The maximum Gasteiger partial charge on any atom is 0.508 e. The van der Waals surface area contributed by atoms with Crippen LogP contribution in [0.1, 0.15) is 84.0 Å². The molecule has 0 saturated carbocycles. The number of aliphatic hydroxyl groups is 1. The molecule has 2 aliphatic heterocycles. The number of urea groups is 1. The number of alkyl halides is 2. The third-order valence-electron chi connectivity index (χ3n) is 6.54. The third kappa shape index (κ3) is 11.6. The Bertz CT molecular complexity index is 823. The monoisotopic (exact) mass is 557 g/mol. The first-order valence-corrected chi connectivity index (χ1v) is 14.1. The van der Waals surface area contributed by atoms with E-state index in [1.807, 2.05) is 0 Å². The highest BCUT2D eigenvalue weighted by Crippen LogP contribution is 2.38. The van der Waals surface area contributed by atoms with Crippen LogP contribution in [0.4, 0.5) is 18.4 Å². The number of nitrogens with two attached hydrogens (primary N) is 1. The zero-order valence-electron chi connectivity index (χ0n) is 22.9. The molecule has 39 heavy (non-hydrogen) atoms. The predicted octanol–water partition coefficient (Wildman–Crippen LogP) is 5.50. The maximum atomic E-state index is 14.5. The van der Waals surface area contributed by atoms with Gasteiger partial charge in [-0.05, 0) is 44.6 Å². The molecule has 11 heteroatoms. The fourth-order valence-corrected chi connectivity index (χ4v) is 4.25. The number of allylic oxidation sites excluding steroid dienone is 4. The molecule has 1 unspecified atom stereocenters. The molecule has 0 aromatic carbocycles. The van der Waals surface area contributed by atoms with E-state index in [1.165, 1.54) is 31.8 Å². The molecule has 2 aliphatic rings. The van der Waals surface area contributed by atoms with Crippen LogP contribution in [0, 0.1) is 0 Å². The molecule has 0 aromatic heterocycles. The molecule has 2 heterocycles. The molecule has 222 valence electrons. The van der Waals surface area contributed by atoms with Crippen molar-refractivity contribution in [1.82, 2.24) is 10.2 Å². The first-order valence-electron chi connectivity index (χ1n) is 14.1. The highest BCUT2D eigenvalue weighted by atomic mass is 19.3. The summed E-state index contributed by atoms with van der Waals surface area (Å²) in [5, 5.41) is 12.2. The van der Waals surface area contributed by atoms with E-state index in [1.54, 1.807) is 0 Å². The lowest BCUT2D eigenvalue weighted by Crippen LogP contribution is -2.57. The van der Waals surface area contributed by atoms with E-state index in [-0.39, 0.29) is 6.61 Å². The molecule has 2 rings (SSSR count). The number of rotatable bonds is 18. The van der Waals surface area contributed by atoms with Gasteiger partial charge in [0, 0.05) is 6.20 Å². The first-order chi connectivity index (χ1) is 18.8. The number of hydrogen-bond acceptors (Lipinski definition) is 7. The van der Waals surface area contributed by atoms with Gasteiger partial charge in [0.15, 0.2) is 6.10 Å². The number of halogens is 2. The van der Waals surface area contributed by atoms with Crippen molar-refractivity contribution in [3.63, 3.8) is 0 Å². The molecule has 4 atom stereocenters. The standard InChI is InChI=1S/C28H45F2N3O6/c1-2-3-4-5-6-7-8-9-10-11-12-13-14-15-16-17-20-37-27(36)38-21-22-24(34)28(29,30)25(39-22)33-19-18-23(31)32-26(33)35/h6-7,9-10,18-19,22-25,34H,2-5,8,11-17,20-21,31H2,1H3,(H,32,35)/t22-,23?,24-,25-/m1/s1. The van der Waals surface area contributed by atoms with Gasteiger partial charge in [-0.1, -0.05) is 69.8 Å². The van der Waals surface area contributed by atoms with Gasteiger partial charge in [0.05, 0.1) is 12.8 Å². The van der Waals surface area contributed by atoms with Gasteiger partial charge in [0.25, 0.3) is 0 Å². The van der Waals surface area contributed by atoms with Crippen molar-refractivity contribution in [3.05, 3.63) is 36.6 Å². The molecule has 0 aliphatic carbocycles. The van der Waals surface area contributed by atoms with Crippen LogP contribution in [-0.2, 0) is 14.2 Å². The van der Waals surface area contributed by atoms with Crippen LogP contribution >= 0.6 is 0 Å². The predicted molar refractivity (Wildman–Crippen MR) is 144 cm³/mol. The molecule has 0 spiro atoms. The van der Waals surface area contributed by atoms with Crippen LogP contribution in [0.5, 0.6) is 0 Å². The number of nitrogens with one attached hydrogen (secondary N) is 1. The van der Waals surface area contributed by atoms with Gasteiger partial charge in [0.2, 0.25) is 6.23 Å². The highest BCUT2D eigenvalue weighted by molar-refractivity contribution is 5.77. The molecule has 0 bridgehead atoms. The van der Waals surface area contributed by atoms with Crippen molar-refractivity contribution in [1.29, 1.82) is 0 Å². The Hall–Kier alpha value is -2.50. The summed E-state index contributed by atoms with van der Waals surface area (Å²) in [7, 11) is 0. The summed E-state index contributed by atoms with van der Waals surface area (Å²) in [5.74, 6) is -3.79. The number of unbranched alkanes of at least 4 members (excludes halogenated alkanes) is 9. The van der Waals surface area contributed by atoms with Crippen LogP contribution in [0.25, 0.3) is 0 Å². The number of carbonyl (C=O) groups excluding carboxylic acids is 2. The molecular formula is C28H45F2N3O6. The van der Waals surface area contributed by atoms with Crippen LogP contribution < -0.4 is 11.1 Å². The summed E-state index contributed by atoms with van der Waals surface area (Å²) in [6.45, 7) is 1.72. The molecule has 0 aromatic rings. The average Bonchev–Trinajstić information content (AvgIpc) is 3.12. The second-order valence-electron chi connectivity index (χ2n) is 9.86. The summed E-state index contributed by atoms with van der Waals surface area (Å²) < 4.78 is 44.0. The number of hydrogen-bond donors (Lipinski definition) is 3. The average molecular weight is 558 g/mol. The Morgan fingerprint density at radius 2 is 1.72 bits per heavy atom. The summed E-state index contributed by atoms with van der Waals surface area (Å²) >= 11 is 0. The number of ether oxygens (including phenoxy) is 3. The molecule has 1 fully saturated rings. The Kier molecular flexibility index (Phi) is 15.1. The van der Waals surface area contributed by atoms with Gasteiger partial charge >= 0.3 is 18.1 Å². The van der Waals surface area contributed by atoms with E-state index < -0.39 is 49.3 Å².